The fourth-order valence-electron chi connectivity index (χ4n) is 2.05. The average molecular weight is 276 g/mol. The van der Waals surface area contributed by atoms with Gasteiger partial charge >= 0.3 is 0 Å². The highest BCUT2D eigenvalue weighted by molar-refractivity contribution is 7.98. The molecule has 0 atom stereocenters. The third-order valence-electron chi connectivity index (χ3n) is 3.01. The molecule has 0 aliphatic carbocycles. The van der Waals surface area contributed by atoms with Gasteiger partial charge in [0.1, 0.15) is 5.82 Å². The van der Waals surface area contributed by atoms with E-state index in [0.717, 1.165) is 27.7 Å². The average Bonchev–Trinajstić information content (AvgIpc) is 2.40. The minimum atomic E-state index is -0.232. The molecule has 1 aromatic heterocycles. The van der Waals surface area contributed by atoms with E-state index in [4.69, 9.17) is 0 Å². The summed E-state index contributed by atoms with van der Waals surface area (Å²) >= 11 is 1.52. The molecule has 0 aliphatic rings. The van der Waals surface area contributed by atoms with Crippen molar-refractivity contribution in [3.8, 4) is 11.3 Å². The summed E-state index contributed by atoms with van der Waals surface area (Å²) in [5, 5.41) is 0.758. The lowest BCUT2D eigenvalue weighted by Gasteiger charge is -2.14. The van der Waals surface area contributed by atoms with Crippen LogP contribution in [0.3, 0.4) is 0 Å². The summed E-state index contributed by atoms with van der Waals surface area (Å²) in [6.45, 7) is 6.26. The lowest BCUT2D eigenvalue weighted by atomic mass is 10.00. The molecule has 1 aromatic carbocycles. The van der Waals surface area contributed by atoms with Crippen molar-refractivity contribution in [1.29, 1.82) is 0 Å². The maximum atomic E-state index is 13.0. The molecule has 0 amide bonds. The standard InChI is InChI=1S/C15H17FN2S/c1-9(2)13-10(3)14(18-15(17-13)19-4)11-5-7-12(16)8-6-11/h5-9H,1-4H3. The van der Waals surface area contributed by atoms with Crippen LogP contribution in [0.25, 0.3) is 11.3 Å². The van der Waals surface area contributed by atoms with Crippen molar-refractivity contribution in [2.24, 2.45) is 0 Å². The van der Waals surface area contributed by atoms with Gasteiger partial charge in [0.15, 0.2) is 5.16 Å². The van der Waals surface area contributed by atoms with Gasteiger partial charge in [-0.3, -0.25) is 0 Å². The van der Waals surface area contributed by atoms with Gasteiger partial charge < -0.3 is 0 Å². The fraction of sp³-hybridized carbons (Fsp3) is 0.333. The van der Waals surface area contributed by atoms with E-state index >= 15 is 0 Å². The Bertz CT molecular complexity index is 579. The minimum absolute atomic E-state index is 0.232. The minimum Gasteiger partial charge on any atom is -0.227 e. The van der Waals surface area contributed by atoms with Crippen LogP contribution in [0.2, 0.25) is 0 Å². The SMILES string of the molecule is CSc1nc(-c2ccc(F)cc2)c(C)c(C(C)C)n1. The van der Waals surface area contributed by atoms with Gasteiger partial charge in [0.2, 0.25) is 0 Å². The molecule has 0 unspecified atom stereocenters. The predicted molar refractivity (Wildman–Crippen MR) is 78.0 cm³/mol. The number of aromatic nitrogens is 2. The van der Waals surface area contributed by atoms with E-state index in [1.807, 2.05) is 13.2 Å². The molecular weight excluding hydrogens is 259 g/mol. The van der Waals surface area contributed by atoms with Gasteiger partial charge in [-0.1, -0.05) is 25.6 Å². The smallest absolute Gasteiger partial charge is 0.188 e. The van der Waals surface area contributed by atoms with Crippen molar-refractivity contribution in [3.05, 3.63) is 41.3 Å². The van der Waals surface area contributed by atoms with E-state index in [1.165, 1.54) is 23.9 Å². The zero-order chi connectivity index (χ0) is 14.0. The Hall–Kier alpha value is -1.42. The van der Waals surface area contributed by atoms with Crippen molar-refractivity contribution >= 4 is 11.8 Å². The topological polar surface area (TPSA) is 25.8 Å². The summed E-state index contributed by atoms with van der Waals surface area (Å²) in [4.78, 5) is 9.13. The van der Waals surface area contributed by atoms with Gasteiger partial charge in [0.05, 0.1) is 11.4 Å². The van der Waals surface area contributed by atoms with E-state index in [9.17, 15) is 4.39 Å². The van der Waals surface area contributed by atoms with E-state index < -0.39 is 0 Å². The van der Waals surface area contributed by atoms with Crippen LogP contribution in [-0.4, -0.2) is 16.2 Å². The van der Waals surface area contributed by atoms with Gasteiger partial charge in [-0.2, -0.15) is 0 Å². The number of thioether (sulfide) groups is 1. The molecular formula is C15H17FN2S. The molecule has 0 fully saturated rings. The first-order valence-corrected chi connectivity index (χ1v) is 7.44. The highest BCUT2D eigenvalue weighted by atomic mass is 32.2. The second-order valence-corrected chi connectivity index (χ2v) is 5.50. The second kappa shape index (κ2) is 5.70. The first-order chi connectivity index (χ1) is 9.02. The van der Waals surface area contributed by atoms with E-state index in [2.05, 4.69) is 23.8 Å². The summed E-state index contributed by atoms with van der Waals surface area (Å²) in [6, 6.07) is 6.45. The Morgan fingerprint density at radius 1 is 1.11 bits per heavy atom. The molecule has 19 heavy (non-hydrogen) atoms. The summed E-state index contributed by atoms with van der Waals surface area (Å²) in [6.07, 6.45) is 1.96. The zero-order valence-corrected chi connectivity index (χ0v) is 12.4. The van der Waals surface area contributed by atoms with Gasteiger partial charge in [-0.05, 0) is 48.9 Å². The van der Waals surface area contributed by atoms with Crippen molar-refractivity contribution in [2.75, 3.05) is 6.26 Å². The Kier molecular flexibility index (Phi) is 4.20. The Morgan fingerprint density at radius 3 is 2.26 bits per heavy atom. The van der Waals surface area contributed by atoms with Crippen LogP contribution in [0, 0.1) is 12.7 Å². The van der Waals surface area contributed by atoms with Gasteiger partial charge in [-0.25, -0.2) is 14.4 Å². The summed E-state index contributed by atoms with van der Waals surface area (Å²) < 4.78 is 13.0. The van der Waals surface area contributed by atoms with Crippen LogP contribution in [-0.2, 0) is 0 Å². The zero-order valence-electron chi connectivity index (χ0n) is 11.6. The Labute approximate surface area is 117 Å². The van der Waals surface area contributed by atoms with E-state index in [-0.39, 0.29) is 5.82 Å². The quantitative estimate of drug-likeness (QED) is 0.612. The first-order valence-electron chi connectivity index (χ1n) is 6.21. The molecule has 0 N–H and O–H groups in total. The van der Waals surface area contributed by atoms with Crippen LogP contribution < -0.4 is 0 Å². The molecule has 0 spiro atoms. The van der Waals surface area contributed by atoms with Crippen molar-refractivity contribution in [1.82, 2.24) is 9.97 Å². The fourth-order valence-corrected chi connectivity index (χ4v) is 2.43. The molecule has 4 heteroatoms. The molecule has 2 aromatic rings. The highest BCUT2D eigenvalue weighted by Gasteiger charge is 2.14. The second-order valence-electron chi connectivity index (χ2n) is 4.73. The van der Waals surface area contributed by atoms with Gasteiger partial charge in [0, 0.05) is 5.56 Å². The third kappa shape index (κ3) is 2.95. The first kappa shape index (κ1) is 14.0. The molecule has 2 nitrogen and oxygen atoms in total. The maximum Gasteiger partial charge on any atom is 0.188 e. The molecule has 0 aliphatic heterocycles. The third-order valence-corrected chi connectivity index (χ3v) is 3.56. The normalized spacial score (nSPS) is 11.1. The Morgan fingerprint density at radius 2 is 1.74 bits per heavy atom. The van der Waals surface area contributed by atoms with Crippen LogP contribution in [0.5, 0.6) is 0 Å². The van der Waals surface area contributed by atoms with Crippen LogP contribution in [0.1, 0.15) is 31.0 Å². The largest absolute Gasteiger partial charge is 0.227 e. The number of rotatable bonds is 3. The predicted octanol–water partition coefficient (Wildman–Crippen LogP) is 4.44. The van der Waals surface area contributed by atoms with E-state index in [1.54, 1.807) is 12.1 Å². The number of nitrogens with zero attached hydrogens (tertiary/aromatic N) is 2. The monoisotopic (exact) mass is 276 g/mol. The highest BCUT2D eigenvalue weighted by Crippen LogP contribution is 2.28. The molecule has 0 radical (unpaired) electrons. The molecule has 0 saturated heterocycles. The molecule has 0 bridgehead atoms. The van der Waals surface area contributed by atoms with Crippen molar-refractivity contribution < 1.29 is 4.39 Å². The molecule has 1 heterocycles. The molecule has 2 rings (SSSR count). The Balaban J connectivity index is 2.61. The van der Waals surface area contributed by atoms with Crippen LogP contribution in [0.4, 0.5) is 4.39 Å². The lowest BCUT2D eigenvalue weighted by molar-refractivity contribution is 0.628. The van der Waals surface area contributed by atoms with E-state index in [0.29, 0.717) is 5.92 Å². The van der Waals surface area contributed by atoms with Crippen LogP contribution >= 0.6 is 11.8 Å². The lowest BCUT2D eigenvalue weighted by Crippen LogP contribution is -2.03. The summed E-state index contributed by atoms with van der Waals surface area (Å²) in [5.41, 5.74) is 3.94. The van der Waals surface area contributed by atoms with Gasteiger partial charge in [-0.15, -0.1) is 0 Å². The van der Waals surface area contributed by atoms with Gasteiger partial charge in [0.25, 0.3) is 0 Å². The number of hydrogen-bond donors (Lipinski definition) is 0. The maximum absolute atomic E-state index is 13.0. The summed E-state index contributed by atoms with van der Waals surface area (Å²) in [7, 11) is 0. The molecule has 100 valence electrons. The number of halogens is 1. The van der Waals surface area contributed by atoms with Crippen LogP contribution in [0.15, 0.2) is 29.4 Å². The summed E-state index contributed by atoms with van der Waals surface area (Å²) in [5.74, 6) is 0.109. The number of hydrogen-bond acceptors (Lipinski definition) is 3. The van der Waals surface area contributed by atoms with Crippen molar-refractivity contribution in [3.63, 3.8) is 0 Å². The number of benzene rings is 1. The van der Waals surface area contributed by atoms with Crippen molar-refractivity contribution in [2.45, 2.75) is 31.8 Å². The molecule has 0 saturated carbocycles.